The summed E-state index contributed by atoms with van der Waals surface area (Å²) in [6.07, 6.45) is 1.78. The maximum atomic E-state index is 6.23. The highest BCUT2D eigenvalue weighted by Crippen LogP contribution is 2.32. The molecule has 0 saturated carbocycles. The van der Waals surface area contributed by atoms with Gasteiger partial charge in [0.2, 0.25) is 0 Å². The number of methoxy groups -OCH3 is 1. The average molecular weight is 237 g/mol. The van der Waals surface area contributed by atoms with Gasteiger partial charge in [-0.15, -0.1) is 11.3 Å². The van der Waals surface area contributed by atoms with Crippen LogP contribution in [0, 0.1) is 0 Å². The number of hydrogen-bond donors (Lipinski definition) is 1. The van der Waals surface area contributed by atoms with E-state index >= 15 is 0 Å². The Morgan fingerprint density at radius 3 is 3.06 bits per heavy atom. The van der Waals surface area contributed by atoms with Gasteiger partial charge in [-0.1, -0.05) is 0 Å². The summed E-state index contributed by atoms with van der Waals surface area (Å²) in [5, 5.41) is 6.21. The van der Waals surface area contributed by atoms with Gasteiger partial charge in [-0.2, -0.15) is 5.10 Å². The van der Waals surface area contributed by atoms with E-state index in [9.17, 15) is 0 Å². The Kier molecular flexibility index (Phi) is 3.26. The van der Waals surface area contributed by atoms with Crippen LogP contribution in [-0.4, -0.2) is 16.9 Å². The number of aryl methyl sites for hydroxylation is 1. The van der Waals surface area contributed by atoms with E-state index < -0.39 is 0 Å². The van der Waals surface area contributed by atoms with Crippen molar-refractivity contribution in [3.05, 3.63) is 34.3 Å². The molecule has 16 heavy (non-hydrogen) atoms. The fourth-order valence-electron chi connectivity index (χ4n) is 1.71. The van der Waals surface area contributed by atoms with E-state index in [0.717, 1.165) is 22.9 Å². The predicted molar refractivity (Wildman–Crippen MR) is 64.8 cm³/mol. The number of hydrogen-bond acceptors (Lipinski definition) is 4. The zero-order chi connectivity index (χ0) is 11.5. The van der Waals surface area contributed by atoms with E-state index in [0.29, 0.717) is 0 Å². The van der Waals surface area contributed by atoms with Gasteiger partial charge in [0.1, 0.15) is 5.75 Å². The van der Waals surface area contributed by atoms with E-state index in [4.69, 9.17) is 10.5 Å². The molecule has 5 heteroatoms. The first kappa shape index (κ1) is 11.2. The molecule has 0 saturated heterocycles. The van der Waals surface area contributed by atoms with E-state index in [1.54, 1.807) is 24.6 Å². The molecule has 0 aromatic carbocycles. The van der Waals surface area contributed by atoms with Crippen molar-refractivity contribution in [2.24, 2.45) is 5.73 Å². The summed E-state index contributed by atoms with van der Waals surface area (Å²) in [6.45, 7) is 2.87. The Balaban J connectivity index is 2.35. The van der Waals surface area contributed by atoms with Crippen LogP contribution in [0.3, 0.4) is 0 Å². The normalized spacial score (nSPS) is 12.7. The minimum atomic E-state index is -0.169. The number of aromatic nitrogens is 2. The van der Waals surface area contributed by atoms with Crippen molar-refractivity contribution in [2.75, 3.05) is 7.11 Å². The lowest BCUT2D eigenvalue weighted by Crippen LogP contribution is -2.16. The van der Waals surface area contributed by atoms with Crippen LogP contribution in [0.4, 0.5) is 0 Å². The third kappa shape index (κ3) is 1.83. The zero-order valence-electron chi connectivity index (χ0n) is 9.38. The highest BCUT2D eigenvalue weighted by molar-refractivity contribution is 7.10. The summed E-state index contributed by atoms with van der Waals surface area (Å²) in [4.78, 5) is 1.04. The molecule has 0 bridgehead atoms. The number of thiophene rings is 1. The number of ether oxygens (including phenoxy) is 1. The number of nitrogens with two attached hydrogens (primary N) is 1. The Labute approximate surface area is 98.6 Å². The molecule has 2 aromatic rings. The lowest BCUT2D eigenvalue weighted by Gasteiger charge is -2.13. The Morgan fingerprint density at radius 2 is 2.38 bits per heavy atom. The van der Waals surface area contributed by atoms with Crippen LogP contribution >= 0.6 is 11.3 Å². The largest absolute Gasteiger partial charge is 0.496 e. The van der Waals surface area contributed by atoms with Crippen molar-refractivity contribution in [1.82, 2.24) is 9.78 Å². The van der Waals surface area contributed by atoms with Crippen molar-refractivity contribution < 1.29 is 4.74 Å². The summed E-state index contributed by atoms with van der Waals surface area (Å²) in [5.74, 6) is 0.848. The molecule has 1 atom stereocenters. The lowest BCUT2D eigenvalue weighted by atomic mass is 10.2. The maximum Gasteiger partial charge on any atom is 0.134 e. The molecule has 2 heterocycles. The molecule has 2 rings (SSSR count). The van der Waals surface area contributed by atoms with Crippen LogP contribution in [0.15, 0.2) is 23.7 Å². The predicted octanol–water partition coefficient (Wildman–Crippen LogP) is 2.02. The molecule has 86 valence electrons. The molecule has 4 nitrogen and oxygen atoms in total. The van der Waals surface area contributed by atoms with Crippen LogP contribution in [-0.2, 0) is 6.54 Å². The molecular weight excluding hydrogens is 222 g/mol. The highest BCUT2D eigenvalue weighted by Gasteiger charge is 2.18. The third-order valence-electron chi connectivity index (χ3n) is 2.53. The third-order valence-corrected chi connectivity index (χ3v) is 3.51. The monoisotopic (exact) mass is 237 g/mol. The molecule has 0 aliphatic heterocycles. The zero-order valence-corrected chi connectivity index (χ0v) is 10.2. The van der Waals surface area contributed by atoms with Gasteiger partial charge in [-0.25, -0.2) is 0 Å². The van der Waals surface area contributed by atoms with Crippen LogP contribution in [0.1, 0.15) is 23.5 Å². The fraction of sp³-hybridized carbons (Fsp3) is 0.364. The summed E-state index contributed by atoms with van der Waals surface area (Å²) in [5.41, 5.74) is 7.24. The van der Waals surface area contributed by atoms with Gasteiger partial charge in [0.05, 0.1) is 23.7 Å². The Morgan fingerprint density at radius 1 is 1.56 bits per heavy atom. The second-order valence-electron chi connectivity index (χ2n) is 3.40. The molecule has 0 spiro atoms. The second-order valence-corrected chi connectivity index (χ2v) is 4.35. The molecule has 0 aliphatic rings. The van der Waals surface area contributed by atoms with Crippen molar-refractivity contribution in [3.8, 4) is 5.75 Å². The SMILES string of the molecule is CCn1nccc1C(N)c1sccc1OC. The van der Waals surface area contributed by atoms with Crippen LogP contribution in [0.2, 0.25) is 0 Å². The average Bonchev–Trinajstić information content (AvgIpc) is 2.96. The Bertz CT molecular complexity index is 421. The molecule has 2 aromatic heterocycles. The maximum absolute atomic E-state index is 6.23. The van der Waals surface area contributed by atoms with Crippen LogP contribution in [0.25, 0.3) is 0 Å². The molecule has 0 aliphatic carbocycles. The van der Waals surface area contributed by atoms with Gasteiger partial charge in [-0.05, 0) is 24.4 Å². The first-order chi connectivity index (χ1) is 7.77. The first-order valence-electron chi connectivity index (χ1n) is 5.16. The molecule has 1 unspecified atom stereocenters. The van der Waals surface area contributed by atoms with E-state index in [1.165, 1.54) is 0 Å². The number of nitrogens with zero attached hydrogens (tertiary/aromatic N) is 2. The number of rotatable bonds is 4. The van der Waals surface area contributed by atoms with Gasteiger partial charge in [-0.3, -0.25) is 4.68 Å². The first-order valence-corrected chi connectivity index (χ1v) is 6.04. The lowest BCUT2D eigenvalue weighted by molar-refractivity contribution is 0.410. The van der Waals surface area contributed by atoms with E-state index in [-0.39, 0.29) is 6.04 Å². The highest BCUT2D eigenvalue weighted by atomic mass is 32.1. The van der Waals surface area contributed by atoms with Crippen molar-refractivity contribution in [1.29, 1.82) is 0 Å². The fourth-order valence-corrected chi connectivity index (χ4v) is 2.58. The molecule has 2 N–H and O–H groups in total. The van der Waals surface area contributed by atoms with Crippen LogP contribution < -0.4 is 10.5 Å². The topological polar surface area (TPSA) is 53.1 Å². The quantitative estimate of drug-likeness (QED) is 0.885. The van der Waals surface area contributed by atoms with Gasteiger partial charge < -0.3 is 10.5 Å². The molecule has 0 amide bonds. The van der Waals surface area contributed by atoms with Gasteiger partial charge in [0, 0.05) is 12.7 Å². The molecule has 0 radical (unpaired) electrons. The summed E-state index contributed by atoms with van der Waals surface area (Å²) in [7, 11) is 1.66. The van der Waals surface area contributed by atoms with Crippen molar-refractivity contribution >= 4 is 11.3 Å². The van der Waals surface area contributed by atoms with E-state index in [2.05, 4.69) is 12.0 Å². The summed E-state index contributed by atoms with van der Waals surface area (Å²) >= 11 is 1.61. The Hall–Kier alpha value is -1.33. The van der Waals surface area contributed by atoms with Crippen molar-refractivity contribution in [3.63, 3.8) is 0 Å². The van der Waals surface area contributed by atoms with Gasteiger partial charge in [0.15, 0.2) is 0 Å². The van der Waals surface area contributed by atoms with Crippen molar-refractivity contribution in [2.45, 2.75) is 19.5 Å². The minimum absolute atomic E-state index is 0.169. The smallest absolute Gasteiger partial charge is 0.134 e. The summed E-state index contributed by atoms with van der Waals surface area (Å²) < 4.78 is 7.19. The van der Waals surface area contributed by atoms with Crippen LogP contribution in [0.5, 0.6) is 5.75 Å². The molecule has 0 fully saturated rings. The van der Waals surface area contributed by atoms with E-state index in [1.807, 2.05) is 22.2 Å². The van der Waals surface area contributed by atoms with Gasteiger partial charge in [0.25, 0.3) is 0 Å². The molecular formula is C11H15N3OS. The second kappa shape index (κ2) is 4.67. The standard InChI is InChI=1S/C11H15N3OS/c1-3-14-8(4-6-13-14)10(12)11-9(15-2)5-7-16-11/h4-7,10H,3,12H2,1-2H3. The van der Waals surface area contributed by atoms with Gasteiger partial charge >= 0.3 is 0 Å². The minimum Gasteiger partial charge on any atom is -0.496 e. The summed E-state index contributed by atoms with van der Waals surface area (Å²) in [6, 6.07) is 3.72.